The fraction of sp³-hybridized carbons (Fsp3) is 0.692. The molecule has 0 bridgehead atoms. The first kappa shape index (κ1) is 7.84. The molecule has 0 aromatic carbocycles. The third-order valence-electron chi connectivity index (χ3n) is 4.23. The Morgan fingerprint density at radius 1 is 1.31 bits per heavy atom. The summed E-state index contributed by atoms with van der Waals surface area (Å²) in [6, 6.07) is 0. The molecule has 13 heavy (non-hydrogen) atoms. The molecule has 0 amide bonds. The summed E-state index contributed by atoms with van der Waals surface area (Å²) in [7, 11) is 0. The van der Waals surface area contributed by atoms with Gasteiger partial charge in [0.15, 0.2) is 0 Å². The van der Waals surface area contributed by atoms with Crippen LogP contribution in [-0.4, -0.2) is 0 Å². The minimum Gasteiger partial charge on any atom is -0.0879 e. The fourth-order valence-corrected chi connectivity index (χ4v) is 3.43. The molecule has 0 radical (unpaired) electrons. The van der Waals surface area contributed by atoms with E-state index in [2.05, 4.69) is 25.2 Å². The van der Waals surface area contributed by atoms with Gasteiger partial charge < -0.3 is 0 Å². The molecule has 0 spiro atoms. The number of hydrogen-bond acceptors (Lipinski definition) is 0. The van der Waals surface area contributed by atoms with Crippen LogP contribution in [0.5, 0.6) is 0 Å². The maximum Gasteiger partial charge on any atom is -0.0109 e. The first-order valence-electron chi connectivity index (χ1n) is 5.72. The topological polar surface area (TPSA) is 0 Å². The molecule has 3 aliphatic carbocycles. The van der Waals surface area contributed by atoms with E-state index in [1.807, 2.05) is 0 Å². The molecule has 0 aromatic heterocycles. The Morgan fingerprint density at radius 3 is 2.92 bits per heavy atom. The van der Waals surface area contributed by atoms with Crippen LogP contribution >= 0.6 is 0 Å². The van der Waals surface area contributed by atoms with Gasteiger partial charge >= 0.3 is 0 Å². The van der Waals surface area contributed by atoms with E-state index in [4.69, 9.17) is 0 Å². The zero-order valence-corrected chi connectivity index (χ0v) is 8.37. The van der Waals surface area contributed by atoms with E-state index in [1.165, 1.54) is 25.7 Å². The largest absolute Gasteiger partial charge is 0.0879 e. The molecule has 0 heteroatoms. The van der Waals surface area contributed by atoms with Crippen LogP contribution in [0.4, 0.5) is 0 Å². The monoisotopic (exact) mass is 174 g/mol. The van der Waals surface area contributed by atoms with Gasteiger partial charge in [0, 0.05) is 0 Å². The highest BCUT2D eigenvalue weighted by Gasteiger charge is 2.40. The third-order valence-corrected chi connectivity index (χ3v) is 4.23. The molecule has 3 aliphatic rings. The van der Waals surface area contributed by atoms with E-state index >= 15 is 0 Å². The summed E-state index contributed by atoms with van der Waals surface area (Å²) in [4.78, 5) is 0. The van der Waals surface area contributed by atoms with E-state index in [-0.39, 0.29) is 0 Å². The van der Waals surface area contributed by atoms with Crippen molar-refractivity contribution in [3.05, 3.63) is 23.8 Å². The highest BCUT2D eigenvalue weighted by molar-refractivity contribution is 5.29. The van der Waals surface area contributed by atoms with Crippen LogP contribution in [0.2, 0.25) is 0 Å². The molecule has 0 aromatic rings. The highest BCUT2D eigenvalue weighted by Crippen LogP contribution is 2.50. The van der Waals surface area contributed by atoms with Gasteiger partial charge in [0.25, 0.3) is 0 Å². The average molecular weight is 174 g/mol. The van der Waals surface area contributed by atoms with Crippen molar-refractivity contribution >= 4 is 0 Å². The lowest BCUT2D eigenvalue weighted by Gasteiger charge is -2.37. The van der Waals surface area contributed by atoms with E-state index in [1.54, 1.807) is 5.57 Å². The van der Waals surface area contributed by atoms with Crippen molar-refractivity contribution in [2.75, 3.05) is 0 Å². The van der Waals surface area contributed by atoms with E-state index in [0.29, 0.717) is 0 Å². The molecule has 3 rings (SSSR count). The van der Waals surface area contributed by atoms with Gasteiger partial charge in [-0.2, -0.15) is 0 Å². The summed E-state index contributed by atoms with van der Waals surface area (Å²) in [6.07, 6.45) is 13.0. The predicted octanol–water partition coefficient (Wildman–Crippen LogP) is 3.55. The molecule has 0 aliphatic heterocycles. The highest BCUT2D eigenvalue weighted by atomic mass is 14.4. The Morgan fingerprint density at radius 2 is 2.15 bits per heavy atom. The molecule has 4 unspecified atom stereocenters. The van der Waals surface area contributed by atoms with Crippen molar-refractivity contribution in [2.24, 2.45) is 23.7 Å². The van der Waals surface area contributed by atoms with Gasteiger partial charge in [0.05, 0.1) is 0 Å². The number of hydrogen-bond donors (Lipinski definition) is 0. The van der Waals surface area contributed by atoms with Gasteiger partial charge in [0.1, 0.15) is 0 Å². The minimum absolute atomic E-state index is 0.914. The zero-order valence-electron chi connectivity index (χ0n) is 8.37. The normalized spacial score (nSPS) is 47.3. The Bertz CT molecular complexity index is 272. The van der Waals surface area contributed by atoms with Gasteiger partial charge in [-0.25, -0.2) is 0 Å². The van der Waals surface area contributed by atoms with Crippen LogP contribution in [-0.2, 0) is 0 Å². The lowest BCUT2D eigenvalue weighted by atomic mass is 9.67. The van der Waals surface area contributed by atoms with Gasteiger partial charge in [-0.15, -0.1) is 0 Å². The summed E-state index contributed by atoms with van der Waals surface area (Å²) < 4.78 is 0. The quantitative estimate of drug-likeness (QED) is 0.533. The van der Waals surface area contributed by atoms with Crippen LogP contribution in [0, 0.1) is 23.7 Å². The maximum absolute atomic E-state index is 2.50. The Kier molecular flexibility index (Phi) is 1.65. The van der Waals surface area contributed by atoms with Crippen LogP contribution < -0.4 is 0 Å². The predicted molar refractivity (Wildman–Crippen MR) is 55.3 cm³/mol. The van der Waals surface area contributed by atoms with E-state index in [9.17, 15) is 0 Å². The Hall–Kier alpha value is -0.520. The molecule has 0 saturated heterocycles. The van der Waals surface area contributed by atoms with Crippen molar-refractivity contribution in [1.82, 2.24) is 0 Å². The van der Waals surface area contributed by atoms with Gasteiger partial charge in [-0.1, -0.05) is 30.7 Å². The molecule has 1 fully saturated rings. The van der Waals surface area contributed by atoms with Crippen molar-refractivity contribution in [3.8, 4) is 0 Å². The minimum atomic E-state index is 0.914. The Balaban J connectivity index is 1.86. The van der Waals surface area contributed by atoms with Crippen LogP contribution in [0.3, 0.4) is 0 Å². The molecule has 1 saturated carbocycles. The molecule has 0 N–H and O–H groups in total. The molecular weight excluding hydrogens is 156 g/mol. The second-order valence-corrected chi connectivity index (χ2v) is 5.06. The smallest absolute Gasteiger partial charge is 0.0109 e. The van der Waals surface area contributed by atoms with Crippen LogP contribution in [0.15, 0.2) is 23.8 Å². The third kappa shape index (κ3) is 1.19. The summed E-state index contributed by atoms with van der Waals surface area (Å²) >= 11 is 0. The van der Waals surface area contributed by atoms with Crippen molar-refractivity contribution in [3.63, 3.8) is 0 Å². The van der Waals surface area contributed by atoms with Gasteiger partial charge in [-0.05, 0) is 49.4 Å². The number of allylic oxidation sites excluding steroid dienone is 4. The molecule has 4 atom stereocenters. The zero-order chi connectivity index (χ0) is 8.84. The second kappa shape index (κ2) is 2.73. The van der Waals surface area contributed by atoms with Crippen molar-refractivity contribution < 1.29 is 0 Å². The maximum atomic E-state index is 2.50. The standard InChI is InChI=1S/C13H18/c1-9-5-6-10-3-2-4-12(10)13(9)11-7-8-11/h2,4,7,9-10,12-13H,3,5-6,8H2,1H3. The van der Waals surface area contributed by atoms with Gasteiger partial charge in [-0.3, -0.25) is 0 Å². The molecule has 0 nitrogen and oxygen atoms in total. The number of rotatable bonds is 1. The molecule has 0 heterocycles. The fourth-order valence-electron chi connectivity index (χ4n) is 3.43. The van der Waals surface area contributed by atoms with E-state index in [0.717, 1.165) is 23.7 Å². The van der Waals surface area contributed by atoms with Crippen molar-refractivity contribution in [2.45, 2.75) is 32.6 Å². The summed E-state index contributed by atoms with van der Waals surface area (Å²) in [5, 5.41) is 0. The van der Waals surface area contributed by atoms with Crippen LogP contribution in [0.25, 0.3) is 0 Å². The van der Waals surface area contributed by atoms with Crippen molar-refractivity contribution in [1.29, 1.82) is 0 Å². The van der Waals surface area contributed by atoms with E-state index < -0.39 is 0 Å². The number of fused-ring (bicyclic) bond motifs is 1. The first-order chi connectivity index (χ1) is 6.36. The summed E-state index contributed by atoms with van der Waals surface area (Å²) in [5.74, 6) is 3.79. The lowest BCUT2D eigenvalue weighted by Crippen LogP contribution is -2.29. The first-order valence-corrected chi connectivity index (χ1v) is 5.72. The summed E-state index contributed by atoms with van der Waals surface area (Å²) in [5.41, 5.74) is 1.77. The molecule has 70 valence electrons. The Labute approximate surface area is 80.7 Å². The van der Waals surface area contributed by atoms with Gasteiger partial charge in [0.2, 0.25) is 0 Å². The second-order valence-electron chi connectivity index (χ2n) is 5.06. The SMILES string of the molecule is CC1CCC2CC=CC2C1C1=CC1. The lowest BCUT2D eigenvalue weighted by molar-refractivity contribution is 0.176. The van der Waals surface area contributed by atoms with Crippen LogP contribution in [0.1, 0.15) is 32.6 Å². The average Bonchev–Trinajstić information content (AvgIpc) is 2.82. The molecular formula is C13H18. The summed E-state index contributed by atoms with van der Waals surface area (Å²) in [6.45, 7) is 2.45.